The van der Waals surface area contributed by atoms with Crippen LogP contribution in [0.3, 0.4) is 0 Å². The minimum atomic E-state index is -0.221. The zero-order chi connectivity index (χ0) is 13.5. The number of halogens is 1. The maximum Gasteiger partial charge on any atom is 0.191 e. The molecule has 2 aromatic rings. The summed E-state index contributed by atoms with van der Waals surface area (Å²) in [6.07, 6.45) is 0. The van der Waals surface area contributed by atoms with Gasteiger partial charge in [-0.1, -0.05) is 18.2 Å². The van der Waals surface area contributed by atoms with E-state index in [1.165, 1.54) is 17.0 Å². The molecule has 1 aromatic heterocycles. The molecule has 0 saturated carbocycles. The van der Waals surface area contributed by atoms with Gasteiger partial charge in [-0.2, -0.15) is 0 Å². The van der Waals surface area contributed by atoms with Crippen LogP contribution in [0.2, 0.25) is 0 Å². The SMILES string of the molecule is CN=C(NCc1cccc(F)c1)NCc1cccs1. The molecule has 3 nitrogen and oxygen atoms in total. The van der Waals surface area contributed by atoms with Crippen LogP contribution in [0.15, 0.2) is 46.8 Å². The van der Waals surface area contributed by atoms with Crippen molar-refractivity contribution in [1.29, 1.82) is 0 Å². The quantitative estimate of drug-likeness (QED) is 0.666. The number of hydrogen-bond acceptors (Lipinski definition) is 2. The Kier molecular flexibility index (Phi) is 4.92. The lowest BCUT2D eigenvalue weighted by Gasteiger charge is -2.11. The zero-order valence-corrected chi connectivity index (χ0v) is 11.5. The molecule has 0 aliphatic carbocycles. The van der Waals surface area contributed by atoms with Crippen molar-refractivity contribution >= 4 is 17.3 Å². The first-order chi connectivity index (χ1) is 9.28. The Morgan fingerprint density at radius 1 is 1.21 bits per heavy atom. The van der Waals surface area contributed by atoms with Crippen LogP contribution < -0.4 is 10.6 Å². The molecule has 0 unspecified atom stereocenters. The first-order valence-corrected chi connectivity index (χ1v) is 6.87. The van der Waals surface area contributed by atoms with Crippen LogP contribution in [-0.4, -0.2) is 13.0 Å². The van der Waals surface area contributed by atoms with Crippen LogP contribution in [0.4, 0.5) is 4.39 Å². The number of rotatable bonds is 4. The zero-order valence-electron chi connectivity index (χ0n) is 10.7. The number of nitrogens with one attached hydrogen (secondary N) is 2. The number of benzene rings is 1. The summed E-state index contributed by atoms with van der Waals surface area (Å²) in [4.78, 5) is 5.37. The molecule has 0 aliphatic heterocycles. The summed E-state index contributed by atoms with van der Waals surface area (Å²) >= 11 is 1.70. The summed E-state index contributed by atoms with van der Waals surface area (Å²) in [7, 11) is 1.72. The molecular formula is C14H16FN3S. The van der Waals surface area contributed by atoms with Gasteiger partial charge in [0.1, 0.15) is 5.82 Å². The fraction of sp³-hybridized carbons (Fsp3) is 0.214. The molecule has 1 aromatic carbocycles. The predicted molar refractivity (Wildman–Crippen MR) is 77.8 cm³/mol. The lowest BCUT2D eigenvalue weighted by Crippen LogP contribution is -2.36. The fourth-order valence-corrected chi connectivity index (χ4v) is 2.28. The van der Waals surface area contributed by atoms with E-state index in [0.717, 1.165) is 12.1 Å². The van der Waals surface area contributed by atoms with E-state index < -0.39 is 0 Å². The largest absolute Gasteiger partial charge is 0.352 e. The minimum absolute atomic E-state index is 0.221. The predicted octanol–water partition coefficient (Wildman–Crippen LogP) is 2.75. The first-order valence-electron chi connectivity index (χ1n) is 5.99. The molecule has 0 radical (unpaired) electrons. The summed E-state index contributed by atoms with van der Waals surface area (Å²) in [5.74, 6) is 0.485. The summed E-state index contributed by atoms with van der Waals surface area (Å²) in [6.45, 7) is 1.28. The molecule has 0 bridgehead atoms. The minimum Gasteiger partial charge on any atom is -0.352 e. The van der Waals surface area contributed by atoms with Gasteiger partial charge in [-0.15, -0.1) is 11.3 Å². The lowest BCUT2D eigenvalue weighted by atomic mass is 10.2. The first kappa shape index (κ1) is 13.5. The normalized spacial score (nSPS) is 11.4. The van der Waals surface area contributed by atoms with E-state index in [9.17, 15) is 4.39 Å². The van der Waals surface area contributed by atoms with Crippen molar-refractivity contribution in [2.45, 2.75) is 13.1 Å². The number of nitrogens with zero attached hydrogens (tertiary/aromatic N) is 1. The Bertz CT molecular complexity index is 537. The number of hydrogen-bond donors (Lipinski definition) is 2. The van der Waals surface area contributed by atoms with Gasteiger partial charge < -0.3 is 10.6 Å². The second kappa shape index (κ2) is 6.89. The molecule has 100 valence electrons. The smallest absolute Gasteiger partial charge is 0.191 e. The molecule has 0 fully saturated rings. The standard InChI is InChI=1S/C14H16FN3S/c1-16-14(18-10-13-6-3-7-19-13)17-9-11-4-2-5-12(15)8-11/h2-8H,9-10H2,1H3,(H2,16,17,18). The van der Waals surface area contributed by atoms with Crippen molar-refractivity contribution in [3.05, 3.63) is 58.0 Å². The topological polar surface area (TPSA) is 36.4 Å². The fourth-order valence-electron chi connectivity index (χ4n) is 1.64. The average Bonchev–Trinajstić information content (AvgIpc) is 2.92. The molecule has 19 heavy (non-hydrogen) atoms. The molecule has 0 aliphatic rings. The van der Waals surface area contributed by atoms with Crippen molar-refractivity contribution in [3.8, 4) is 0 Å². The van der Waals surface area contributed by atoms with E-state index in [1.54, 1.807) is 24.5 Å². The summed E-state index contributed by atoms with van der Waals surface area (Å²) in [6, 6.07) is 10.6. The third kappa shape index (κ3) is 4.37. The molecule has 2 N–H and O–H groups in total. The summed E-state index contributed by atoms with van der Waals surface area (Å²) in [5, 5.41) is 8.41. The molecule has 0 atom stereocenters. The molecule has 5 heteroatoms. The molecule has 2 rings (SSSR count). The third-order valence-electron chi connectivity index (χ3n) is 2.58. The maximum atomic E-state index is 13.0. The van der Waals surface area contributed by atoms with Crippen LogP contribution in [0.1, 0.15) is 10.4 Å². The molecule has 1 heterocycles. The Hall–Kier alpha value is -1.88. The highest BCUT2D eigenvalue weighted by Gasteiger charge is 2.00. The van der Waals surface area contributed by atoms with E-state index in [0.29, 0.717) is 12.5 Å². The number of guanidine groups is 1. The van der Waals surface area contributed by atoms with E-state index in [-0.39, 0.29) is 5.82 Å². The van der Waals surface area contributed by atoms with Gasteiger partial charge in [0, 0.05) is 18.5 Å². The van der Waals surface area contributed by atoms with E-state index in [4.69, 9.17) is 0 Å². The second-order valence-electron chi connectivity index (χ2n) is 3.99. The summed E-state index contributed by atoms with van der Waals surface area (Å²) < 4.78 is 13.0. The Morgan fingerprint density at radius 2 is 2.05 bits per heavy atom. The highest BCUT2D eigenvalue weighted by atomic mass is 32.1. The Labute approximate surface area is 116 Å². The van der Waals surface area contributed by atoms with E-state index in [1.807, 2.05) is 17.5 Å². The van der Waals surface area contributed by atoms with Gasteiger partial charge in [0.2, 0.25) is 0 Å². The monoisotopic (exact) mass is 277 g/mol. The van der Waals surface area contributed by atoms with Crippen molar-refractivity contribution in [3.63, 3.8) is 0 Å². The Morgan fingerprint density at radius 3 is 2.74 bits per heavy atom. The van der Waals surface area contributed by atoms with Gasteiger partial charge in [0.15, 0.2) is 5.96 Å². The molecule has 0 amide bonds. The third-order valence-corrected chi connectivity index (χ3v) is 3.46. The average molecular weight is 277 g/mol. The van der Waals surface area contributed by atoms with Crippen LogP contribution >= 0.6 is 11.3 Å². The van der Waals surface area contributed by atoms with E-state index >= 15 is 0 Å². The van der Waals surface area contributed by atoms with Gasteiger partial charge in [-0.05, 0) is 29.1 Å². The number of aliphatic imine (C=N–C) groups is 1. The van der Waals surface area contributed by atoms with Crippen LogP contribution in [0, 0.1) is 5.82 Å². The molecular weight excluding hydrogens is 261 g/mol. The van der Waals surface area contributed by atoms with Crippen molar-refractivity contribution in [1.82, 2.24) is 10.6 Å². The highest BCUT2D eigenvalue weighted by molar-refractivity contribution is 7.09. The van der Waals surface area contributed by atoms with Crippen molar-refractivity contribution in [2.75, 3.05) is 7.05 Å². The van der Waals surface area contributed by atoms with Gasteiger partial charge in [0.25, 0.3) is 0 Å². The molecule has 0 saturated heterocycles. The molecule has 0 spiro atoms. The summed E-state index contributed by atoms with van der Waals surface area (Å²) in [5.41, 5.74) is 0.888. The van der Waals surface area contributed by atoms with Gasteiger partial charge in [-0.25, -0.2) is 4.39 Å². The van der Waals surface area contributed by atoms with Crippen molar-refractivity contribution in [2.24, 2.45) is 4.99 Å². The lowest BCUT2D eigenvalue weighted by molar-refractivity contribution is 0.624. The van der Waals surface area contributed by atoms with E-state index in [2.05, 4.69) is 21.7 Å². The maximum absolute atomic E-state index is 13.0. The van der Waals surface area contributed by atoms with Gasteiger partial charge >= 0.3 is 0 Å². The van der Waals surface area contributed by atoms with Crippen LogP contribution in [-0.2, 0) is 13.1 Å². The Balaban J connectivity index is 1.83. The van der Waals surface area contributed by atoms with Gasteiger partial charge in [0.05, 0.1) is 6.54 Å². The second-order valence-corrected chi connectivity index (χ2v) is 5.02. The van der Waals surface area contributed by atoms with Crippen molar-refractivity contribution < 1.29 is 4.39 Å². The number of thiophene rings is 1. The van der Waals surface area contributed by atoms with Crippen LogP contribution in [0.25, 0.3) is 0 Å². The highest BCUT2D eigenvalue weighted by Crippen LogP contribution is 2.07. The van der Waals surface area contributed by atoms with Gasteiger partial charge in [-0.3, -0.25) is 4.99 Å². The van der Waals surface area contributed by atoms with Crippen LogP contribution in [0.5, 0.6) is 0 Å².